The predicted octanol–water partition coefficient (Wildman–Crippen LogP) is 1.10. The van der Waals surface area contributed by atoms with E-state index in [9.17, 15) is 0 Å². The molecule has 0 spiro atoms. The molecule has 2 rings (SSSR count). The van der Waals surface area contributed by atoms with Crippen molar-refractivity contribution in [2.75, 3.05) is 33.9 Å². The van der Waals surface area contributed by atoms with E-state index in [0.29, 0.717) is 12.0 Å². The second kappa shape index (κ2) is 6.33. The molecule has 2 fully saturated rings. The molecule has 2 aliphatic rings. The molecule has 2 N–H and O–H groups in total. The van der Waals surface area contributed by atoms with Crippen molar-refractivity contribution >= 4 is 0 Å². The zero-order valence-electron chi connectivity index (χ0n) is 12.0. The van der Waals surface area contributed by atoms with Crippen LogP contribution in [0.5, 0.6) is 0 Å². The third kappa shape index (κ3) is 3.23. The van der Waals surface area contributed by atoms with Crippen molar-refractivity contribution in [3.8, 4) is 0 Å². The Morgan fingerprint density at radius 2 is 1.72 bits per heavy atom. The van der Waals surface area contributed by atoms with Crippen molar-refractivity contribution in [2.45, 2.75) is 44.4 Å². The second-order valence-corrected chi connectivity index (χ2v) is 6.11. The van der Waals surface area contributed by atoms with Crippen LogP contribution in [-0.2, 0) is 9.47 Å². The third-order valence-electron chi connectivity index (χ3n) is 4.69. The average Bonchev–Trinajstić information content (AvgIpc) is 2.76. The summed E-state index contributed by atoms with van der Waals surface area (Å²) in [4.78, 5) is 2.46. The average molecular weight is 256 g/mol. The number of likely N-dealkylation sites (tertiary alicyclic amines) is 1. The highest BCUT2D eigenvalue weighted by atomic mass is 16.5. The van der Waals surface area contributed by atoms with Gasteiger partial charge in [-0.3, -0.25) is 4.90 Å². The van der Waals surface area contributed by atoms with Gasteiger partial charge < -0.3 is 15.2 Å². The zero-order valence-corrected chi connectivity index (χ0v) is 12.0. The Kier molecular flexibility index (Phi) is 5.01. The summed E-state index contributed by atoms with van der Waals surface area (Å²) in [5.74, 6) is 1.47. The summed E-state index contributed by atoms with van der Waals surface area (Å²) in [6.45, 7) is 5.41. The molecule has 5 atom stereocenters. The van der Waals surface area contributed by atoms with E-state index in [0.717, 1.165) is 25.6 Å². The minimum Gasteiger partial charge on any atom is -0.377 e. The Morgan fingerprint density at radius 1 is 1.11 bits per heavy atom. The Balaban J connectivity index is 1.86. The van der Waals surface area contributed by atoms with Gasteiger partial charge in [-0.1, -0.05) is 6.92 Å². The molecule has 0 amide bonds. The largest absolute Gasteiger partial charge is 0.377 e. The number of hydrogen-bond acceptors (Lipinski definition) is 4. The molecule has 0 aromatic carbocycles. The summed E-state index contributed by atoms with van der Waals surface area (Å²) >= 11 is 0. The minimum atomic E-state index is 0.215. The van der Waals surface area contributed by atoms with Gasteiger partial charge in [0.2, 0.25) is 0 Å². The van der Waals surface area contributed by atoms with Crippen molar-refractivity contribution in [3.63, 3.8) is 0 Å². The van der Waals surface area contributed by atoms with E-state index in [2.05, 4.69) is 11.8 Å². The first-order valence-electron chi connectivity index (χ1n) is 7.17. The van der Waals surface area contributed by atoms with Crippen LogP contribution in [0.4, 0.5) is 0 Å². The summed E-state index contributed by atoms with van der Waals surface area (Å²) in [6.07, 6.45) is 4.17. The molecule has 106 valence electrons. The predicted molar refractivity (Wildman–Crippen MR) is 72.5 cm³/mol. The lowest BCUT2D eigenvalue weighted by atomic mass is 9.79. The number of ether oxygens (including phenoxy) is 2. The molecule has 0 aromatic heterocycles. The molecule has 4 heteroatoms. The number of methoxy groups -OCH3 is 2. The Morgan fingerprint density at radius 3 is 2.28 bits per heavy atom. The van der Waals surface area contributed by atoms with Gasteiger partial charge in [0.15, 0.2) is 0 Å². The molecule has 1 saturated heterocycles. The van der Waals surface area contributed by atoms with Crippen LogP contribution in [0, 0.1) is 11.8 Å². The summed E-state index contributed by atoms with van der Waals surface area (Å²) in [5, 5.41) is 0. The molecular formula is C14H28N2O2. The van der Waals surface area contributed by atoms with Crippen molar-refractivity contribution in [3.05, 3.63) is 0 Å². The van der Waals surface area contributed by atoms with Gasteiger partial charge in [0.25, 0.3) is 0 Å². The van der Waals surface area contributed by atoms with Gasteiger partial charge in [-0.05, 0) is 31.1 Å². The van der Waals surface area contributed by atoms with Crippen molar-refractivity contribution < 1.29 is 9.47 Å². The highest BCUT2D eigenvalue weighted by molar-refractivity contribution is 4.90. The standard InChI is InChI=1S/C14H28N2O2/c1-10-4-5-12(15)11(6-10)7-16-8-13(17-2)14(9-16)18-3/h10-14H,4-9,15H2,1-3H3. The molecule has 1 aliphatic carbocycles. The van der Waals surface area contributed by atoms with Crippen LogP contribution >= 0.6 is 0 Å². The first-order chi connectivity index (χ1) is 8.63. The van der Waals surface area contributed by atoms with Gasteiger partial charge in [-0.2, -0.15) is 0 Å². The fourth-order valence-corrected chi connectivity index (χ4v) is 3.48. The molecule has 0 radical (unpaired) electrons. The topological polar surface area (TPSA) is 47.7 Å². The number of nitrogens with zero attached hydrogens (tertiary/aromatic N) is 1. The van der Waals surface area contributed by atoms with E-state index >= 15 is 0 Å². The number of nitrogens with two attached hydrogens (primary N) is 1. The molecule has 1 aliphatic heterocycles. The monoisotopic (exact) mass is 256 g/mol. The summed E-state index contributed by atoms with van der Waals surface area (Å²) < 4.78 is 11.0. The quantitative estimate of drug-likeness (QED) is 0.818. The van der Waals surface area contributed by atoms with Crippen LogP contribution in [0.25, 0.3) is 0 Å². The Labute approximate surface area is 111 Å². The molecule has 0 aromatic rings. The van der Waals surface area contributed by atoms with E-state index in [1.807, 2.05) is 0 Å². The van der Waals surface area contributed by atoms with E-state index in [-0.39, 0.29) is 12.2 Å². The van der Waals surface area contributed by atoms with E-state index in [4.69, 9.17) is 15.2 Å². The summed E-state index contributed by atoms with van der Waals surface area (Å²) in [6, 6.07) is 0.379. The number of hydrogen-bond donors (Lipinski definition) is 1. The van der Waals surface area contributed by atoms with Crippen LogP contribution in [0.15, 0.2) is 0 Å². The van der Waals surface area contributed by atoms with Crippen LogP contribution in [0.1, 0.15) is 26.2 Å². The highest BCUT2D eigenvalue weighted by Crippen LogP contribution is 2.29. The molecule has 1 saturated carbocycles. The van der Waals surface area contributed by atoms with Gasteiger partial charge >= 0.3 is 0 Å². The lowest BCUT2D eigenvalue weighted by molar-refractivity contribution is -0.00461. The fourth-order valence-electron chi connectivity index (χ4n) is 3.48. The van der Waals surface area contributed by atoms with Crippen molar-refractivity contribution in [1.29, 1.82) is 0 Å². The summed E-state index contributed by atoms with van der Waals surface area (Å²) in [7, 11) is 3.54. The first-order valence-corrected chi connectivity index (χ1v) is 7.17. The van der Waals surface area contributed by atoms with Crippen molar-refractivity contribution in [1.82, 2.24) is 4.90 Å². The molecule has 5 unspecified atom stereocenters. The molecule has 0 bridgehead atoms. The Hall–Kier alpha value is -0.160. The van der Waals surface area contributed by atoms with Crippen LogP contribution in [0.3, 0.4) is 0 Å². The zero-order chi connectivity index (χ0) is 13.1. The van der Waals surface area contributed by atoms with E-state index in [1.54, 1.807) is 14.2 Å². The van der Waals surface area contributed by atoms with Crippen LogP contribution < -0.4 is 5.73 Å². The maximum absolute atomic E-state index is 6.26. The smallest absolute Gasteiger partial charge is 0.0971 e. The van der Waals surface area contributed by atoms with E-state index in [1.165, 1.54) is 19.3 Å². The minimum absolute atomic E-state index is 0.215. The third-order valence-corrected chi connectivity index (χ3v) is 4.69. The normalized spacial score (nSPS) is 42.3. The van der Waals surface area contributed by atoms with Crippen LogP contribution in [0.2, 0.25) is 0 Å². The van der Waals surface area contributed by atoms with Gasteiger partial charge in [0.05, 0.1) is 12.2 Å². The summed E-state index contributed by atoms with van der Waals surface area (Å²) in [5.41, 5.74) is 6.26. The lowest BCUT2D eigenvalue weighted by Gasteiger charge is -2.35. The molecule has 4 nitrogen and oxygen atoms in total. The van der Waals surface area contributed by atoms with Gasteiger partial charge in [-0.25, -0.2) is 0 Å². The first kappa shape index (κ1) is 14.3. The molecule has 1 heterocycles. The molecular weight excluding hydrogens is 228 g/mol. The van der Waals surface area contributed by atoms with Gasteiger partial charge in [-0.15, -0.1) is 0 Å². The van der Waals surface area contributed by atoms with Gasteiger partial charge in [0.1, 0.15) is 0 Å². The number of rotatable bonds is 4. The highest BCUT2D eigenvalue weighted by Gasteiger charge is 2.35. The Bertz CT molecular complexity index is 250. The van der Waals surface area contributed by atoms with Crippen LogP contribution in [-0.4, -0.2) is 57.0 Å². The fraction of sp³-hybridized carbons (Fsp3) is 1.00. The van der Waals surface area contributed by atoms with Gasteiger partial charge in [0, 0.05) is 39.9 Å². The second-order valence-electron chi connectivity index (χ2n) is 6.11. The van der Waals surface area contributed by atoms with Crippen molar-refractivity contribution in [2.24, 2.45) is 17.6 Å². The lowest BCUT2D eigenvalue weighted by Crippen LogP contribution is -2.42. The van der Waals surface area contributed by atoms with E-state index < -0.39 is 0 Å². The maximum Gasteiger partial charge on any atom is 0.0971 e. The SMILES string of the molecule is COC1CN(CC2CC(C)CCC2N)CC1OC. The molecule has 18 heavy (non-hydrogen) atoms. The maximum atomic E-state index is 6.26.